The highest BCUT2D eigenvalue weighted by Crippen LogP contribution is 2.29. The van der Waals surface area contributed by atoms with E-state index in [1.54, 1.807) is 0 Å². The van der Waals surface area contributed by atoms with Crippen molar-refractivity contribution in [3.8, 4) is 0 Å². The largest absolute Gasteiger partial charge is 0.459 e. The van der Waals surface area contributed by atoms with Gasteiger partial charge in [-0.3, -0.25) is 0 Å². The summed E-state index contributed by atoms with van der Waals surface area (Å²) < 4.78 is 5.51. The van der Waals surface area contributed by atoms with E-state index >= 15 is 0 Å². The van der Waals surface area contributed by atoms with E-state index < -0.39 is 5.97 Å². The summed E-state index contributed by atoms with van der Waals surface area (Å²) in [6.07, 6.45) is 6.43. The molecule has 0 aromatic heterocycles. The van der Waals surface area contributed by atoms with E-state index in [1.165, 1.54) is 25.0 Å². The van der Waals surface area contributed by atoms with E-state index in [-0.39, 0.29) is 22.4 Å². The molecule has 5 heteroatoms. The van der Waals surface area contributed by atoms with E-state index in [1.807, 2.05) is 0 Å². The summed E-state index contributed by atoms with van der Waals surface area (Å²) in [6, 6.07) is 3.02. The number of rotatable bonds is 2. The second-order valence-corrected chi connectivity index (χ2v) is 5.71. The Labute approximate surface area is 123 Å². The van der Waals surface area contributed by atoms with Crippen LogP contribution in [0.25, 0.3) is 0 Å². The SMILES string of the molecule is Nc1c(Cl)cc(Cl)cc1C(=O)OC1CCCCCC1. The first-order valence-corrected chi connectivity index (χ1v) is 7.29. The molecule has 2 rings (SSSR count). The number of anilines is 1. The highest BCUT2D eigenvalue weighted by molar-refractivity contribution is 6.37. The molecule has 0 amide bonds. The fourth-order valence-corrected chi connectivity index (χ4v) is 2.82. The molecular formula is C14H17Cl2NO2. The van der Waals surface area contributed by atoms with Gasteiger partial charge in [-0.1, -0.05) is 36.0 Å². The molecule has 104 valence electrons. The number of hydrogen-bond acceptors (Lipinski definition) is 3. The Morgan fingerprint density at radius 1 is 1.16 bits per heavy atom. The molecule has 3 nitrogen and oxygen atoms in total. The summed E-state index contributed by atoms with van der Waals surface area (Å²) in [4.78, 5) is 12.1. The minimum atomic E-state index is -0.436. The Morgan fingerprint density at radius 2 is 1.79 bits per heavy atom. The fraction of sp³-hybridized carbons (Fsp3) is 0.500. The summed E-state index contributed by atoms with van der Waals surface area (Å²) >= 11 is 11.8. The van der Waals surface area contributed by atoms with Crippen molar-refractivity contribution in [2.24, 2.45) is 0 Å². The highest BCUT2D eigenvalue weighted by atomic mass is 35.5. The monoisotopic (exact) mass is 301 g/mol. The Balaban J connectivity index is 2.11. The number of hydrogen-bond donors (Lipinski definition) is 1. The quantitative estimate of drug-likeness (QED) is 0.498. The Bertz CT molecular complexity index is 469. The van der Waals surface area contributed by atoms with Gasteiger partial charge in [-0.25, -0.2) is 4.79 Å². The van der Waals surface area contributed by atoms with Crippen molar-refractivity contribution in [3.63, 3.8) is 0 Å². The average molecular weight is 302 g/mol. The molecule has 0 spiro atoms. The molecule has 0 atom stereocenters. The molecule has 0 unspecified atom stereocenters. The molecule has 0 radical (unpaired) electrons. The zero-order valence-corrected chi connectivity index (χ0v) is 12.1. The Hall–Kier alpha value is -0.930. The Morgan fingerprint density at radius 3 is 2.42 bits per heavy atom. The van der Waals surface area contributed by atoms with Gasteiger partial charge in [-0.2, -0.15) is 0 Å². The lowest BCUT2D eigenvalue weighted by Gasteiger charge is -2.16. The number of nitrogen functional groups attached to an aromatic ring is 1. The van der Waals surface area contributed by atoms with Gasteiger partial charge in [0.15, 0.2) is 0 Å². The first-order valence-electron chi connectivity index (χ1n) is 6.53. The second kappa shape index (κ2) is 6.49. The predicted octanol–water partition coefficient (Wildman–Crippen LogP) is 4.46. The van der Waals surface area contributed by atoms with E-state index in [0.29, 0.717) is 5.02 Å². The van der Waals surface area contributed by atoms with E-state index in [4.69, 9.17) is 33.7 Å². The number of halogens is 2. The summed E-state index contributed by atoms with van der Waals surface area (Å²) in [5.74, 6) is -0.436. The Kier molecular flexibility index (Phi) is 4.94. The first kappa shape index (κ1) is 14.5. The van der Waals surface area contributed by atoms with Gasteiger partial charge in [0.25, 0.3) is 0 Å². The van der Waals surface area contributed by atoms with Crippen molar-refractivity contribution in [2.75, 3.05) is 5.73 Å². The van der Waals surface area contributed by atoms with Crippen molar-refractivity contribution in [3.05, 3.63) is 27.7 Å². The zero-order chi connectivity index (χ0) is 13.8. The van der Waals surface area contributed by atoms with Crippen molar-refractivity contribution in [1.82, 2.24) is 0 Å². The minimum Gasteiger partial charge on any atom is -0.459 e. The molecule has 1 saturated carbocycles. The maximum absolute atomic E-state index is 12.1. The number of carbonyl (C=O) groups excluding carboxylic acids is 1. The van der Waals surface area contributed by atoms with Crippen molar-refractivity contribution in [1.29, 1.82) is 0 Å². The van der Waals surface area contributed by atoms with Gasteiger partial charge < -0.3 is 10.5 Å². The van der Waals surface area contributed by atoms with Crippen LogP contribution < -0.4 is 5.73 Å². The number of esters is 1. The molecule has 1 aromatic rings. The average Bonchev–Trinajstić information content (AvgIpc) is 2.62. The van der Waals surface area contributed by atoms with Crippen LogP contribution in [0.3, 0.4) is 0 Å². The lowest BCUT2D eigenvalue weighted by molar-refractivity contribution is 0.0268. The van der Waals surface area contributed by atoms with Crippen molar-refractivity contribution >= 4 is 34.9 Å². The zero-order valence-electron chi connectivity index (χ0n) is 10.6. The van der Waals surface area contributed by atoms with Crippen LogP contribution in [-0.2, 0) is 4.74 Å². The van der Waals surface area contributed by atoms with Crippen LogP contribution in [0.15, 0.2) is 12.1 Å². The van der Waals surface area contributed by atoms with E-state index in [2.05, 4.69) is 0 Å². The molecule has 0 saturated heterocycles. The summed E-state index contributed by atoms with van der Waals surface area (Å²) in [5.41, 5.74) is 6.28. The summed E-state index contributed by atoms with van der Waals surface area (Å²) in [7, 11) is 0. The topological polar surface area (TPSA) is 52.3 Å². The van der Waals surface area contributed by atoms with Crippen LogP contribution >= 0.6 is 23.2 Å². The van der Waals surface area contributed by atoms with Gasteiger partial charge in [0.1, 0.15) is 6.10 Å². The third-order valence-corrected chi connectivity index (χ3v) is 3.92. The molecule has 19 heavy (non-hydrogen) atoms. The van der Waals surface area contributed by atoms with Crippen LogP contribution in [0.1, 0.15) is 48.9 Å². The highest BCUT2D eigenvalue weighted by Gasteiger charge is 2.20. The standard InChI is InChI=1S/C14H17Cl2NO2/c15-9-7-11(13(17)12(16)8-9)14(18)19-10-5-3-1-2-4-6-10/h7-8,10H,1-6,17H2. The molecule has 1 fully saturated rings. The van der Waals surface area contributed by atoms with Gasteiger partial charge in [0.2, 0.25) is 0 Å². The van der Waals surface area contributed by atoms with Crippen LogP contribution in [-0.4, -0.2) is 12.1 Å². The normalized spacial score (nSPS) is 16.9. The smallest absolute Gasteiger partial charge is 0.340 e. The lowest BCUT2D eigenvalue weighted by atomic mass is 10.1. The minimum absolute atomic E-state index is 0.0212. The molecule has 0 bridgehead atoms. The second-order valence-electron chi connectivity index (χ2n) is 4.87. The van der Waals surface area contributed by atoms with Gasteiger partial charge in [-0.05, 0) is 37.8 Å². The van der Waals surface area contributed by atoms with Crippen molar-refractivity contribution < 1.29 is 9.53 Å². The number of carbonyl (C=O) groups is 1. The maximum Gasteiger partial charge on any atom is 0.340 e. The van der Waals surface area contributed by atoms with Crippen LogP contribution in [0.4, 0.5) is 5.69 Å². The molecule has 1 aliphatic rings. The number of benzene rings is 1. The summed E-state index contributed by atoms with van der Waals surface area (Å²) in [5, 5.41) is 0.660. The predicted molar refractivity (Wildman–Crippen MR) is 77.8 cm³/mol. The van der Waals surface area contributed by atoms with Crippen LogP contribution in [0.5, 0.6) is 0 Å². The van der Waals surface area contributed by atoms with Gasteiger partial charge in [0, 0.05) is 5.02 Å². The fourth-order valence-electron chi connectivity index (χ4n) is 2.33. The van der Waals surface area contributed by atoms with Crippen molar-refractivity contribution in [2.45, 2.75) is 44.6 Å². The third kappa shape index (κ3) is 3.77. The lowest BCUT2D eigenvalue weighted by Crippen LogP contribution is -2.18. The number of nitrogens with two attached hydrogens (primary N) is 1. The maximum atomic E-state index is 12.1. The molecule has 0 aliphatic heterocycles. The van der Waals surface area contributed by atoms with Gasteiger partial charge in [-0.15, -0.1) is 0 Å². The van der Waals surface area contributed by atoms with Gasteiger partial charge in [0.05, 0.1) is 16.3 Å². The molecule has 2 N–H and O–H groups in total. The van der Waals surface area contributed by atoms with E-state index in [0.717, 1.165) is 25.7 Å². The van der Waals surface area contributed by atoms with Crippen LogP contribution in [0, 0.1) is 0 Å². The van der Waals surface area contributed by atoms with E-state index in [9.17, 15) is 4.79 Å². The third-order valence-electron chi connectivity index (χ3n) is 3.39. The van der Waals surface area contributed by atoms with Gasteiger partial charge >= 0.3 is 5.97 Å². The molecule has 1 aliphatic carbocycles. The molecule has 1 aromatic carbocycles. The number of ether oxygens (including phenoxy) is 1. The molecular weight excluding hydrogens is 285 g/mol. The first-order chi connectivity index (χ1) is 9.08. The van der Waals surface area contributed by atoms with Crippen LogP contribution in [0.2, 0.25) is 10.0 Å². The molecule has 0 heterocycles. The summed E-state index contributed by atoms with van der Waals surface area (Å²) in [6.45, 7) is 0.